The lowest BCUT2D eigenvalue weighted by atomic mass is 10.0. The van der Waals surface area contributed by atoms with Crippen molar-refractivity contribution in [3.05, 3.63) is 35.4 Å². The summed E-state index contributed by atoms with van der Waals surface area (Å²) in [5, 5.41) is 9.56. The summed E-state index contributed by atoms with van der Waals surface area (Å²) in [7, 11) is 1.57. The van der Waals surface area contributed by atoms with Crippen LogP contribution in [0.15, 0.2) is 18.5 Å². The molecule has 0 saturated carbocycles. The van der Waals surface area contributed by atoms with Crippen molar-refractivity contribution in [1.29, 1.82) is 0 Å². The summed E-state index contributed by atoms with van der Waals surface area (Å²) in [5.74, 6) is 0.948. The van der Waals surface area contributed by atoms with Crippen molar-refractivity contribution >= 4 is 5.97 Å². The van der Waals surface area contributed by atoms with E-state index >= 15 is 0 Å². The van der Waals surface area contributed by atoms with Crippen LogP contribution < -0.4 is 14.2 Å². The zero-order valence-corrected chi connectivity index (χ0v) is 13.1. The van der Waals surface area contributed by atoms with Gasteiger partial charge in [-0.1, -0.05) is 0 Å². The highest BCUT2D eigenvalue weighted by atomic mass is 16.7. The molecule has 0 saturated heterocycles. The zero-order chi connectivity index (χ0) is 16.7. The Morgan fingerprint density at radius 2 is 2.38 bits per heavy atom. The summed E-state index contributed by atoms with van der Waals surface area (Å²) in [6.07, 6.45) is 1.99. The summed E-state index contributed by atoms with van der Waals surface area (Å²) < 4.78 is 16.2. The van der Waals surface area contributed by atoms with Crippen LogP contribution in [0.1, 0.15) is 17.0 Å². The van der Waals surface area contributed by atoms with Gasteiger partial charge in [-0.2, -0.15) is 0 Å². The minimum absolute atomic E-state index is 0.161. The molecule has 1 atom stereocenters. The first-order valence-corrected chi connectivity index (χ1v) is 7.60. The maximum Gasteiger partial charge on any atom is 0.321 e. The molecule has 0 amide bonds. The van der Waals surface area contributed by atoms with E-state index < -0.39 is 12.0 Å². The Kier molecular flexibility index (Phi) is 3.53. The lowest BCUT2D eigenvalue weighted by Crippen LogP contribution is -2.45. The summed E-state index contributed by atoms with van der Waals surface area (Å²) in [5.41, 5.74) is 2.69. The van der Waals surface area contributed by atoms with E-state index in [0.29, 0.717) is 36.8 Å². The highest BCUT2D eigenvalue weighted by Gasteiger charge is 2.33. The number of methoxy groups -OCH3 is 1. The van der Waals surface area contributed by atoms with Gasteiger partial charge in [0.05, 0.1) is 24.8 Å². The first kappa shape index (κ1) is 14.8. The Morgan fingerprint density at radius 3 is 3.17 bits per heavy atom. The fourth-order valence-electron chi connectivity index (χ4n) is 3.21. The van der Waals surface area contributed by atoms with Gasteiger partial charge in [0.15, 0.2) is 11.5 Å². The Bertz CT molecular complexity index is 788. The fraction of sp³-hybridized carbons (Fsp3) is 0.375. The van der Waals surface area contributed by atoms with Crippen LogP contribution in [0.25, 0.3) is 0 Å². The second-order valence-corrected chi connectivity index (χ2v) is 5.82. The van der Waals surface area contributed by atoms with Gasteiger partial charge >= 0.3 is 5.97 Å². The number of rotatable bonds is 4. The van der Waals surface area contributed by atoms with Gasteiger partial charge in [-0.05, 0) is 17.7 Å². The molecule has 3 heterocycles. The van der Waals surface area contributed by atoms with Gasteiger partial charge in [-0.25, -0.2) is 4.98 Å². The number of fused-ring (bicyclic) bond motifs is 2. The number of aliphatic carboxylic acids is 1. The van der Waals surface area contributed by atoms with E-state index in [-0.39, 0.29) is 6.79 Å². The quantitative estimate of drug-likeness (QED) is 0.867. The molecule has 2 aliphatic heterocycles. The minimum atomic E-state index is -0.851. The molecule has 24 heavy (non-hydrogen) atoms. The summed E-state index contributed by atoms with van der Waals surface area (Å²) in [6.45, 7) is 1.12. The summed E-state index contributed by atoms with van der Waals surface area (Å²) in [6, 6.07) is 3.11. The van der Waals surface area contributed by atoms with Gasteiger partial charge in [-0.15, -0.1) is 0 Å². The average Bonchev–Trinajstić information content (AvgIpc) is 3.21. The first-order valence-electron chi connectivity index (χ1n) is 7.60. The van der Waals surface area contributed by atoms with Gasteiger partial charge in [0.1, 0.15) is 6.04 Å². The molecule has 4 rings (SSSR count). The van der Waals surface area contributed by atoms with E-state index in [4.69, 9.17) is 14.2 Å². The molecular formula is C16H17N3O5. The standard InChI is InChI=1S/C16H17N3O5/c1-22-13-2-9(3-14-15(13)24-8-23-14)5-19-6-11-10(17-7-18-11)4-12(19)16(20)21/h2-3,7,12H,4-6,8H2,1H3,(H,17,18)(H,20,21)/t12-/m0/s1. The number of ether oxygens (including phenoxy) is 3. The van der Waals surface area contributed by atoms with Crippen LogP contribution in [0, 0.1) is 0 Å². The fourth-order valence-corrected chi connectivity index (χ4v) is 3.21. The van der Waals surface area contributed by atoms with Crippen LogP contribution in [0.3, 0.4) is 0 Å². The molecule has 2 aliphatic rings. The third-order valence-corrected chi connectivity index (χ3v) is 4.39. The largest absolute Gasteiger partial charge is 0.493 e. The molecule has 2 N–H and O–H groups in total. The maximum absolute atomic E-state index is 11.6. The van der Waals surface area contributed by atoms with Gasteiger partial charge in [0, 0.05) is 19.5 Å². The summed E-state index contributed by atoms with van der Waals surface area (Å²) >= 11 is 0. The number of aromatic nitrogens is 2. The van der Waals surface area contributed by atoms with Crippen molar-refractivity contribution in [2.45, 2.75) is 25.6 Å². The van der Waals surface area contributed by atoms with Crippen LogP contribution in [0.4, 0.5) is 0 Å². The number of carboxylic acids is 1. The van der Waals surface area contributed by atoms with Gasteiger partial charge < -0.3 is 24.3 Å². The first-order chi connectivity index (χ1) is 11.7. The highest BCUT2D eigenvalue weighted by Crippen LogP contribution is 2.42. The van der Waals surface area contributed by atoms with Crippen molar-refractivity contribution in [1.82, 2.24) is 14.9 Å². The smallest absolute Gasteiger partial charge is 0.321 e. The molecule has 8 nitrogen and oxygen atoms in total. The number of hydrogen-bond acceptors (Lipinski definition) is 6. The number of nitrogens with one attached hydrogen (secondary N) is 1. The zero-order valence-electron chi connectivity index (χ0n) is 13.1. The van der Waals surface area contributed by atoms with Gasteiger partial charge in [0.2, 0.25) is 12.5 Å². The number of carbonyl (C=O) groups is 1. The van der Waals surface area contributed by atoms with Gasteiger partial charge in [0.25, 0.3) is 0 Å². The Hall–Kier alpha value is -2.74. The molecule has 1 aromatic heterocycles. The molecular weight excluding hydrogens is 314 g/mol. The van der Waals surface area contributed by atoms with Crippen LogP contribution in [-0.4, -0.2) is 45.9 Å². The highest BCUT2D eigenvalue weighted by molar-refractivity contribution is 5.74. The monoisotopic (exact) mass is 331 g/mol. The Balaban J connectivity index is 1.63. The number of aromatic amines is 1. The molecule has 0 radical (unpaired) electrons. The maximum atomic E-state index is 11.6. The van der Waals surface area contributed by atoms with Crippen molar-refractivity contribution in [2.75, 3.05) is 13.9 Å². The van der Waals surface area contributed by atoms with E-state index in [2.05, 4.69) is 9.97 Å². The second kappa shape index (κ2) is 5.72. The van der Waals surface area contributed by atoms with Crippen molar-refractivity contribution in [2.24, 2.45) is 0 Å². The topological polar surface area (TPSA) is 96.9 Å². The van der Waals surface area contributed by atoms with E-state index in [1.54, 1.807) is 13.4 Å². The number of nitrogens with zero attached hydrogens (tertiary/aromatic N) is 2. The normalized spacial score (nSPS) is 19.1. The van der Waals surface area contributed by atoms with E-state index in [0.717, 1.165) is 17.0 Å². The number of benzene rings is 1. The van der Waals surface area contributed by atoms with Crippen LogP contribution in [-0.2, 0) is 24.3 Å². The van der Waals surface area contributed by atoms with Crippen LogP contribution >= 0.6 is 0 Å². The number of imidazole rings is 1. The molecule has 0 aliphatic carbocycles. The molecule has 0 spiro atoms. The lowest BCUT2D eigenvalue weighted by Gasteiger charge is -2.32. The van der Waals surface area contributed by atoms with Crippen LogP contribution in [0.5, 0.6) is 17.2 Å². The minimum Gasteiger partial charge on any atom is -0.493 e. The predicted octanol–water partition coefficient (Wildman–Crippen LogP) is 1.16. The number of H-pyrrole nitrogens is 1. The SMILES string of the molecule is COc1cc(CN2Cc3[nH]cnc3C[C@H]2C(=O)O)cc2c1OCO2. The van der Waals surface area contributed by atoms with E-state index in [1.165, 1.54) is 0 Å². The average molecular weight is 331 g/mol. The van der Waals surface area contributed by atoms with E-state index in [9.17, 15) is 9.90 Å². The van der Waals surface area contributed by atoms with E-state index in [1.807, 2.05) is 17.0 Å². The third-order valence-electron chi connectivity index (χ3n) is 4.39. The molecule has 126 valence electrons. The molecule has 2 aromatic rings. The number of carboxylic acid groups (broad SMARTS) is 1. The third kappa shape index (κ3) is 2.44. The molecule has 0 unspecified atom stereocenters. The predicted molar refractivity (Wildman–Crippen MR) is 82.1 cm³/mol. The van der Waals surface area contributed by atoms with Crippen molar-refractivity contribution in [3.63, 3.8) is 0 Å². The summed E-state index contributed by atoms with van der Waals surface area (Å²) in [4.78, 5) is 20.8. The second-order valence-electron chi connectivity index (χ2n) is 5.82. The van der Waals surface area contributed by atoms with Crippen LogP contribution in [0.2, 0.25) is 0 Å². The molecule has 1 aromatic carbocycles. The van der Waals surface area contributed by atoms with Crippen molar-refractivity contribution in [3.8, 4) is 17.2 Å². The van der Waals surface area contributed by atoms with Crippen molar-refractivity contribution < 1.29 is 24.1 Å². The Morgan fingerprint density at radius 1 is 1.50 bits per heavy atom. The Labute approximate surface area is 138 Å². The number of hydrogen-bond donors (Lipinski definition) is 2. The lowest BCUT2D eigenvalue weighted by molar-refractivity contribution is -0.144. The molecule has 0 fully saturated rings. The molecule has 8 heteroatoms. The molecule has 0 bridgehead atoms. The van der Waals surface area contributed by atoms with Gasteiger partial charge in [-0.3, -0.25) is 9.69 Å².